The third-order valence-corrected chi connectivity index (χ3v) is 7.45. The fourth-order valence-electron chi connectivity index (χ4n) is 4.55. The van der Waals surface area contributed by atoms with Crippen LogP contribution in [0.15, 0.2) is 47.5 Å². The van der Waals surface area contributed by atoms with Crippen molar-refractivity contribution in [1.29, 1.82) is 5.26 Å². The molecule has 174 valence electrons. The highest BCUT2D eigenvalue weighted by molar-refractivity contribution is 8.00. The number of likely N-dealkylation sites (tertiary alicyclic amines) is 1. The van der Waals surface area contributed by atoms with E-state index in [1.165, 1.54) is 17.3 Å². The zero-order chi connectivity index (χ0) is 23.5. The molecule has 0 radical (unpaired) electrons. The Hall–Kier alpha value is -3.03. The van der Waals surface area contributed by atoms with E-state index in [1.54, 1.807) is 6.07 Å². The number of hydrogen-bond acceptors (Lipinski definition) is 8. The first-order valence-electron chi connectivity index (χ1n) is 11.4. The summed E-state index contributed by atoms with van der Waals surface area (Å²) in [6, 6.07) is 13.8. The minimum absolute atomic E-state index is 0.00186. The molecule has 4 heterocycles. The highest BCUT2D eigenvalue weighted by Gasteiger charge is 2.27. The number of piperidine rings is 1. The summed E-state index contributed by atoms with van der Waals surface area (Å²) in [6.07, 6.45) is 3.02. The molecule has 2 aliphatic heterocycles. The standard InChI is InChI=1S/C25H26N6O2S/c26-12-16-1-3-20-19(11-16)17(5-8-27-20)6-9-31-10-7-21(22(32)14-31)28-13-18-2-4-23-25(29-18)30-24(33)15-34-23/h1-5,8,11,21-22,28,32H,6-7,9-10,13-15H2,(H,29,30,33)/t21-,22+/m0/s1. The van der Waals surface area contributed by atoms with Crippen LogP contribution in [-0.4, -0.2) is 63.4 Å². The minimum atomic E-state index is -0.471. The number of amides is 1. The molecular weight excluding hydrogens is 448 g/mol. The molecule has 0 unspecified atom stereocenters. The fraction of sp³-hybridized carbons (Fsp3) is 0.360. The van der Waals surface area contributed by atoms with Crippen LogP contribution in [0.3, 0.4) is 0 Å². The number of nitrogens with zero attached hydrogens (tertiary/aromatic N) is 4. The Labute approximate surface area is 202 Å². The molecule has 2 aliphatic rings. The zero-order valence-electron chi connectivity index (χ0n) is 18.7. The summed E-state index contributed by atoms with van der Waals surface area (Å²) in [6.45, 7) is 2.88. The molecule has 3 N–H and O–H groups in total. The van der Waals surface area contributed by atoms with E-state index >= 15 is 0 Å². The number of benzene rings is 1. The lowest BCUT2D eigenvalue weighted by atomic mass is 10.00. The summed E-state index contributed by atoms with van der Waals surface area (Å²) >= 11 is 1.50. The van der Waals surface area contributed by atoms with E-state index in [0.29, 0.717) is 30.2 Å². The molecule has 2 aromatic heterocycles. The van der Waals surface area contributed by atoms with E-state index in [9.17, 15) is 15.2 Å². The SMILES string of the molecule is N#Cc1ccc2nccc(CCN3CC[C@H](NCc4ccc5c(n4)NC(=O)CS5)[C@H](O)C3)c2c1. The van der Waals surface area contributed by atoms with Crippen molar-refractivity contribution in [2.75, 3.05) is 30.7 Å². The number of rotatable bonds is 6. The number of β-amino-alcohol motifs (C(OH)–C–C–N with tert-alkyl or cyclic N) is 1. The number of aliphatic hydroxyl groups excluding tert-OH is 1. The molecule has 0 spiro atoms. The molecule has 0 aliphatic carbocycles. The summed E-state index contributed by atoms with van der Waals surface area (Å²) in [4.78, 5) is 23.8. The van der Waals surface area contributed by atoms with Crippen molar-refractivity contribution in [2.24, 2.45) is 0 Å². The molecule has 1 amide bonds. The summed E-state index contributed by atoms with van der Waals surface area (Å²) in [5, 5.41) is 27.3. The van der Waals surface area contributed by atoms with Crippen LogP contribution in [0.4, 0.5) is 5.82 Å². The second-order valence-electron chi connectivity index (χ2n) is 8.69. The highest BCUT2D eigenvalue weighted by atomic mass is 32.2. The van der Waals surface area contributed by atoms with Gasteiger partial charge in [-0.25, -0.2) is 4.98 Å². The Morgan fingerprint density at radius 1 is 1.29 bits per heavy atom. The van der Waals surface area contributed by atoms with Crippen molar-refractivity contribution in [2.45, 2.75) is 36.4 Å². The van der Waals surface area contributed by atoms with E-state index in [0.717, 1.165) is 47.4 Å². The van der Waals surface area contributed by atoms with Crippen LogP contribution in [-0.2, 0) is 17.8 Å². The van der Waals surface area contributed by atoms with Gasteiger partial charge < -0.3 is 20.6 Å². The molecule has 2 atom stereocenters. The number of carbonyl (C=O) groups excluding carboxylic acids is 1. The number of pyridine rings is 2. The predicted octanol–water partition coefficient (Wildman–Crippen LogP) is 2.31. The van der Waals surface area contributed by atoms with Crippen molar-refractivity contribution < 1.29 is 9.90 Å². The highest BCUT2D eigenvalue weighted by Crippen LogP contribution is 2.29. The first kappa shape index (κ1) is 22.7. The maximum absolute atomic E-state index is 11.6. The number of carbonyl (C=O) groups is 1. The average molecular weight is 475 g/mol. The second kappa shape index (κ2) is 10.1. The van der Waals surface area contributed by atoms with Gasteiger partial charge in [0.05, 0.1) is 39.6 Å². The molecule has 0 bridgehead atoms. The summed E-state index contributed by atoms with van der Waals surface area (Å²) < 4.78 is 0. The van der Waals surface area contributed by atoms with Crippen molar-refractivity contribution >= 4 is 34.4 Å². The lowest BCUT2D eigenvalue weighted by molar-refractivity contribution is -0.113. The molecule has 0 saturated carbocycles. The second-order valence-corrected chi connectivity index (χ2v) is 9.71. The maximum atomic E-state index is 11.6. The normalized spacial score (nSPS) is 20.5. The van der Waals surface area contributed by atoms with Crippen molar-refractivity contribution in [1.82, 2.24) is 20.2 Å². The van der Waals surface area contributed by atoms with E-state index in [-0.39, 0.29) is 11.9 Å². The molecule has 34 heavy (non-hydrogen) atoms. The van der Waals surface area contributed by atoms with Crippen LogP contribution in [0.5, 0.6) is 0 Å². The van der Waals surface area contributed by atoms with Crippen LogP contribution in [0, 0.1) is 11.3 Å². The van der Waals surface area contributed by atoms with Crippen LogP contribution in [0.2, 0.25) is 0 Å². The Kier molecular flexibility index (Phi) is 6.74. The summed E-state index contributed by atoms with van der Waals surface area (Å²) in [5.41, 5.74) is 3.55. The Morgan fingerprint density at radius 2 is 2.21 bits per heavy atom. The van der Waals surface area contributed by atoms with Crippen LogP contribution in [0.1, 0.15) is 23.2 Å². The third kappa shape index (κ3) is 5.05. The van der Waals surface area contributed by atoms with E-state index < -0.39 is 6.10 Å². The van der Waals surface area contributed by atoms with Crippen molar-refractivity contribution in [3.8, 4) is 6.07 Å². The molecule has 1 aromatic carbocycles. The smallest absolute Gasteiger partial charge is 0.235 e. The maximum Gasteiger partial charge on any atom is 0.235 e. The van der Waals surface area contributed by atoms with E-state index in [4.69, 9.17) is 0 Å². The zero-order valence-corrected chi connectivity index (χ0v) is 19.5. The largest absolute Gasteiger partial charge is 0.390 e. The van der Waals surface area contributed by atoms with Gasteiger partial charge in [0.2, 0.25) is 5.91 Å². The summed E-state index contributed by atoms with van der Waals surface area (Å²) in [7, 11) is 0. The topological polar surface area (TPSA) is 114 Å². The Morgan fingerprint density at radius 3 is 3.06 bits per heavy atom. The molecule has 5 rings (SSSR count). The number of nitrogens with one attached hydrogen (secondary N) is 2. The monoisotopic (exact) mass is 474 g/mol. The number of aliphatic hydroxyl groups is 1. The minimum Gasteiger partial charge on any atom is -0.390 e. The third-order valence-electron chi connectivity index (χ3n) is 6.40. The van der Waals surface area contributed by atoms with Crippen LogP contribution >= 0.6 is 11.8 Å². The van der Waals surface area contributed by atoms with E-state index in [2.05, 4.69) is 31.6 Å². The average Bonchev–Trinajstić information content (AvgIpc) is 2.86. The van der Waals surface area contributed by atoms with Gasteiger partial charge in [0.15, 0.2) is 0 Å². The van der Waals surface area contributed by atoms with Crippen LogP contribution in [0.25, 0.3) is 10.9 Å². The van der Waals surface area contributed by atoms with Gasteiger partial charge in [-0.2, -0.15) is 5.26 Å². The van der Waals surface area contributed by atoms with Gasteiger partial charge in [-0.05, 0) is 61.3 Å². The number of hydrogen-bond donors (Lipinski definition) is 3. The van der Waals surface area contributed by atoms with Crippen molar-refractivity contribution in [3.05, 3.63) is 59.4 Å². The van der Waals surface area contributed by atoms with Gasteiger partial charge in [0, 0.05) is 37.3 Å². The van der Waals surface area contributed by atoms with Gasteiger partial charge >= 0.3 is 0 Å². The lowest BCUT2D eigenvalue weighted by Gasteiger charge is -2.36. The molecule has 1 fully saturated rings. The molecule has 1 saturated heterocycles. The molecule has 8 nitrogen and oxygen atoms in total. The number of anilines is 1. The Bertz CT molecular complexity index is 1260. The van der Waals surface area contributed by atoms with Crippen molar-refractivity contribution in [3.63, 3.8) is 0 Å². The quantitative estimate of drug-likeness (QED) is 0.499. The number of thioether (sulfide) groups is 1. The van der Waals surface area contributed by atoms with Gasteiger partial charge in [-0.3, -0.25) is 9.78 Å². The van der Waals surface area contributed by atoms with Gasteiger partial charge in [-0.1, -0.05) is 0 Å². The van der Waals surface area contributed by atoms with Gasteiger partial charge in [-0.15, -0.1) is 11.8 Å². The predicted molar refractivity (Wildman–Crippen MR) is 131 cm³/mol. The molecule has 9 heteroatoms. The number of nitriles is 1. The Balaban J connectivity index is 1.15. The lowest BCUT2D eigenvalue weighted by Crippen LogP contribution is -2.52. The summed E-state index contributed by atoms with van der Waals surface area (Å²) in [5.74, 6) is 1.03. The fourth-order valence-corrected chi connectivity index (χ4v) is 5.30. The van der Waals surface area contributed by atoms with Gasteiger partial charge in [0.1, 0.15) is 5.82 Å². The molecule has 3 aromatic rings. The van der Waals surface area contributed by atoms with E-state index in [1.807, 2.05) is 36.5 Å². The first-order chi connectivity index (χ1) is 16.6. The molecular formula is C25H26N6O2S. The van der Waals surface area contributed by atoms with Crippen LogP contribution < -0.4 is 10.6 Å². The van der Waals surface area contributed by atoms with Gasteiger partial charge in [0.25, 0.3) is 0 Å². The first-order valence-corrected chi connectivity index (χ1v) is 12.4. The number of fused-ring (bicyclic) bond motifs is 2. The number of aromatic nitrogens is 2.